The van der Waals surface area contributed by atoms with Crippen molar-refractivity contribution in [3.05, 3.63) is 22.4 Å². The van der Waals surface area contributed by atoms with Crippen LogP contribution in [0.5, 0.6) is 0 Å². The molecule has 3 nitrogen and oxygen atoms in total. The largest absolute Gasteiger partial charge is 0.320 e. The average Bonchev–Trinajstić information content (AvgIpc) is 3.21. The molecule has 2 heterocycles. The molecule has 3 rings (SSSR count). The molecule has 4 heteroatoms. The van der Waals surface area contributed by atoms with E-state index in [-0.39, 0.29) is 12.2 Å². The Morgan fingerprint density at radius 2 is 2.19 bits per heavy atom. The zero-order valence-electron chi connectivity index (χ0n) is 12.9. The van der Waals surface area contributed by atoms with Gasteiger partial charge >= 0.3 is 0 Å². The highest BCUT2D eigenvalue weighted by atomic mass is 32.1. The number of rotatable bonds is 6. The van der Waals surface area contributed by atoms with Crippen molar-refractivity contribution in [1.82, 2.24) is 10.2 Å². The van der Waals surface area contributed by atoms with Gasteiger partial charge < -0.3 is 4.90 Å². The van der Waals surface area contributed by atoms with Gasteiger partial charge in [-0.25, -0.2) is 0 Å². The van der Waals surface area contributed by atoms with E-state index < -0.39 is 0 Å². The molecule has 1 amide bonds. The van der Waals surface area contributed by atoms with Gasteiger partial charge in [0.2, 0.25) is 5.91 Å². The van der Waals surface area contributed by atoms with E-state index in [0.717, 1.165) is 25.8 Å². The summed E-state index contributed by atoms with van der Waals surface area (Å²) in [6.45, 7) is 3.13. The number of unbranched alkanes of at least 4 members (excludes halogenated alkanes) is 1. The lowest BCUT2D eigenvalue weighted by Crippen LogP contribution is -2.34. The van der Waals surface area contributed by atoms with E-state index in [1.165, 1.54) is 30.6 Å². The van der Waals surface area contributed by atoms with Crippen LogP contribution >= 0.6 is 11.3 Å². The third-order valence-electron chi connectivity index (χ3n) is 4.84. The summed E-state index contributed by atoms with van der Waals surface area (Å²) >= 11 is 1.75. The van der Waals surface area contributed by atoms with Crippen LogP contribution in [0.4, 0.5) is 0 Å². The van der Waals surface area contributed by atoms with E-state index in [2.05, 4.69) is 34.7 Å². The van der Waals surface area contributed by atoms with Crippen LogP contribution in [0.15, 0.2) is 17.5 Å². The number of nitrogens with zero attached hydrogens (tertiary/aromatic N) is 1. The Bertz CT molecular complexity index is 453. The third-order valence-corrected chi connectivity index (χ3v) is 5.77. The van der Waals surface area contributed by atoms with Crippen molar-refractivity contribution in [3.63, 3.8) is 0 Å². The molecule has 1 saturated heterocycles. The summed E-state index contributed by atoms with van der Waals surface area (Å²) in [5, 5.41) is 5.69. The number of nitrogens with one attached hydrogen (secondary N) is 1. The van der Waals surface area contributed by atoms with Crippen LogP contribution in [0.2, 0.25) is 0 Å². The molecule has 1 N–H and O–H groups in total. The van der Waals surface area contributed by atoms with Crippen molar-refractivity contribution < 1.29 is 4.79 Å². The molecule has 2 fully saturated rings. The minimum atomic E-state index is 0.0263. The van der Waals surface area contributed by atoms with Gasteiger partial charge in [-0.15, -0.1) is 11.3 Å². The van der Waals surface area contributed by atoms with E-state index in [1.54, 1.807) is 11.3 Å². The summed E-state index contributed by atoms with van der Waals surface area (Å²) in [7, 11) is 0. The first-order valence-electron chi connectivity index (χ1n) is 8.39. The molecule has 2 atom stereocenters. The van der Waals surface area contributed by atoms with Crippen molar-refractivity contribution in [3.8, 4) is 0 Å². The first-order valence-corrected chi connectivity index (χ1v) is 9.27. The molecule has 1 aromatic rings. The summed E-state index contributed by atoms with van der Waals surface area (Å²) in [6, 6.07) is 4.26. The fraction of sp³-hybridized carbons (Fsp3) is 0.706. The van der Waals surface area contributed by atoms with E-state index in [1.807, 2.05) is 0 Å². The van der Waals surface area contributed by atoms with Crippen molar-refractivity contribution in [2.45, 2.75) is 64.1 Å². The van der Waals surface area contributed by atoms with Crippen LogP contribution in [-0.4, -0.2) is 23.4 Å². The molecular formula is C17H26N2OS. The fourth-order valence-electron chi connectivity index (χ4n) is 3.64. The Hall–Kier alpha value is -0.870. The van der Waals surface area contributed by atoms with Crippen LogP contribution in [-0.2, 0) is 4.79 Å². The van der Waals surface area contributed by atoms with Gasteiger partial charge in [0.25, 0.3) is 0 Å². The second-order valence-electron chi connectivity index (χ2n) is 6.42. The van der Waals surface area contributed by atoms with Gasteiger partial charge in [-0.05, 0) is 36.6 Å². The zero-order valence-corrected chi connectivity index (χ0v) is 13.7. The van der Waals surface area contributed by atoms with Crippen LogP contribution < -0.4 is 5.32 Å². The summed E-state index contributed by atoms with van der Waals surface area (Å²) in [6.07, 6.45) is 8.61. The normalized spacial score (nSPS) is 26.9. The summed E-state index contributed by atoms with van der Waals surface area (Å²) < 4.78 is 0. The lowest BCUT2D eigenvalue weighted by molar-refractivity contribution is -0.130. The van der Waals surface area contributed by atoms with Gasteiger partial charge in [0.05, 0.1) is 6.04 Å². The standard InChI is InChI=1S/C17H26N2OS/c1-2-3-9-14-17(20)19(12-13-7-4-5-8-13)16(18-14)15-10-6-11-21-15/h6,10-11,13-14,16,18H,2-5,7-9,12H2,1H3. The lowest BCUT2D eigenvalue weighted by Gasteiger charge is -2.26. The van der Waals surface area contributed by atoms with E-state index in [9.17, 15) is 4.79 Å². The smallest absolute Gasteiger partial charge is 0.241 e. The maximum Gasteiger partial charge on any atom is 0.241 e. The minimum absolute atomic E-state index is 0.0263. The number of hydrogen-bond donors (Lipinski definition) is 1. The van der Waals surface area contributed by atoms with Crippen LogP contribution in [0, 0.1) is 5.92 Å². The van der Waals surface area contributed by atoms with E-state index in [0.29, 0.717) is 11.8 Å². The van der Waals surface area contributed by atoms with Crippen LogP contribution in [0.1, 0.15) is 62.9 Å². The Morgan fingerprint density at radius 1 is 1.38 bits per heavy atom. The second kappa shape index (κ2) is 6.93. The highest BCUT2D eigenvalue weighted by molar-refractivity contribution is 7.10. The van der Waals surface area contributed by atoms with Crippen LogP contribution in [0.3, 0.4) is 0 Å². The highest BCUT2D eigenvalue weighted by Crippen LogP contribution is 2.34. The van der Waals surface area contributed by atoms with E-state index >= 15 is 0 Å². The number of carbonyl (C=O) groups excluding carboxylic acids is 1. The predicted octanol–water partition coefficient (Wildman–Crippen LogP) is 3.93. The van der Waals surface area contributed by atoms with Crippen molar-refractivity contribution >= 4 is 17.2 Å². The maximum atomic E-state index is 12.8. The average molecular weight is 306 g/mol. The number of carbonyl (C=O) groups is 1. The molecule has 2 aliphatic rings. The summed E-state index contributed by atoms with van der Waals surface area (Å²) in [5.74, 6) is 1.04. The molecule has 1 aliphatic carbocycles. The zero-order chi connectivity index (χ0) is 14.7. The Kier molecular flexibility index (Phi) is 4.96. The number of thiophene rings is 1. The van der Waals surface area contributed by atoms with Gasteiger partial charge in [-0.1, -0.05) is 38.7 Å². The Morgan fingerprint density at radius 3 is 2.86 bits per heavy atom. The lowest BCUT2D eigenvalue weighted by atomic mass is 10.1. The first kappa shape index (κ1) is 15.0. The molecule has 2 unspecified atom stereocenters. The predicted molar refractivity (Wildman–Crippen MR) is 87.2 cm³/mol. The number of amides is 1. The van der Waals surface area contributed by atoms with Gasteiger partial charge in [-0.2, -0.15) is 0 Å². The van der Waals surface area contributed by atoms with Crippen LogP contribution in [0.25, 0.3) is 0 Å². The molecule has 116 valence electrons. The van der Waals surface area contributed by atoms with Gasteiger partial charge in [0, 0.05) is 11.4 Å². The molecule has 1 aromatic heterocycles. The molecular weight excluding hydrogens is 280 g/mol. The third kappa shape index (κ3) is 3.32. The molecule has 0 aromatic carbocycles. The van der Waals surface area contributed by atoms with Gasteiger partial charge in [0.1, 0.15) is 6.17 Å². The monoisotopic (exact) mass is 306 g/mol. The Labute approximate surface area is 131 Å². The van der Waals surface area contributed by atoms with E-state index in [4.69, 9.17) is 0 Å². The molecule has 1 aliphatic heterocycles. The number of hydrogen-bond acceptors (Lipinski definition) is 3. The molecule has 0 spiro atoms. The summed E-state index contributed by atoms with van der Waals surface area (Å²) in [4.78, 5) is 16.2. The highest BCUT2D eigenvalue weighted by Gasteiger charge is 2.40. The maximum absolute atomic E-state index is 12.8. The first-order chi connectivity index (χ1) is 10.3. The van der Waals surface area contributed by atoms with Gasteiger partial charge in [-0.3, -0.25) is 10.1 Å². The quantitative estimate of drug-likeness (QED) is 0.863. The molecule has 0 radical (unpaired) electrons. The second-order valence-corrected chi connectivity index (χ2v) is 7.40. The molecule has 1 saturated carbocycles. The van der Waals surface area contributed by atoms with Gasteiger partial charge in [0.15, 0.2) is 0 Å². The fourth-order valence-corrected chi connectivity index (χ4v) is 4.44. The van der Waals surface area contributed by atoms with Crippen molar-refractivity contribution in [2.75, 3.05) is 6.54 Å². The minimum Gasteiger partial charge on any atom is -0.320 e. The Balaban J connectivity index is 1.73. The molecule has 0 bridgehead atoms. The molecule has 21 heavy (non-hydrogen) atoms. The SMILES string of the molecule is CCCCC1NC(c2cccs2)N(CC2CCCC2)C1=O. The topological polar surface area (TPSA) is 32.3 Å². The summed E-state index contributed by atoms with van der Waals surface area (Å²) in [5.41, 5.74) is 0. The van der Waals surface area contributed by atoms with Crippen molar-refractivity contribution in [2.24, 2.45) is 5.92 Å². The van der Waals surface area contributed by atoms with Crippen molar-refractivity contribution in [1.29, 1.82) is 0 Å².